The van der Waals surface area contributed by atoms with Gasteiger partial charge in [-0.2, -0.15) is 13.2 Å². The van der Waals surface area contributed by atoms with Gasteiger partial charge in [0.05, 0.1) is 5.39 Å². The Hall–Kier alpha value is -4.65. The van der Waals surface area contributed by atoms with Crippen LogP contribution in [0.4, 0.5) is 29.6 Å². The molecule has 0 atom stereocenters. The smallest absolute Gasteiger partial charge is 0.434 e. The van der Waals surface area contributed by atoms with Gasteiger partial charge >= 0.3 is 18.2 Å². The molecule has 2 amide bonds. The monoisotopic (exact) mass is 728 g/mol. The predicted molar refractivity (Wildman–Crippen MR) is 189 cm³/mol. The Morgan fingerprint density at radius 2 is 1.63 bits per heavy atom. The molecule has 0 saturated carbocycles. The van der Waals surface area contributed by atoms with E-state index in [1.54, 1.807) is 17.6 Å². The maximum Gasteiger partial charge on any atom is 0.434 e. The molecule has 6 rings (SSSR count). The van der Waals surface area contributed by atoms with Crippen molar-refractivity contribution in [2.75, 3.05) is 89.8 Å². The van der Waals surface area contributed by atoms with Gasteiger partial charge in [-0.05, 0) is 33.2 Å². The summed E-state index contributed by atoms with van der Waals surface area (Å²) in [6.45, 7) is 9.08. The van der Waals surface area contributed by atoms with Gasteiger partial charge in [-0.3, -0.25) is 15.0 Å². The van der Waals surface area contributed by atoms with Gasteiger partial charge in [-0.25, -0.2) is 24.5 Å². The average Bonchev–Trinajstić information content (AvgIpc) is 3.60. The average molecular weight is 729 g/mol. The summed E-state index contributed by atoms with van der Waals surface area (Å²) in [5.41, 5.74) is -1.03. The Labute approximate surface area is 295 Å². The Kier molecular flexibility index (Phi) is 10.6. The lowest BCUT2D eigenvalue weighted by Gasteiger charge is -2.35. The van der Waals surface area contributed by atoms with E-state index in [-0.39, 0.29) is 21.8 Å². The summed E-state index contributed by atoms with van der Waals surface area (Å²) >= 11 is 0.775. The van der Waals surface area contributed by atoms with Crippen LogP contribution < -0.4 is 21.0 Å². The number of fused-ring (bicyclic) bond motifs is 1. The molecule has 4 aromatic rings. The number of thiazole rings is 1. The number of rotatable bonds is 9. The van der Waals surface area contributed by atoms with Crippen LogP contribution in [0.15, 0.2) is 34.7 Å². The highest BCUT2D eigenvalue weighted by atomic mass is 32.1. The number of hydrogen-bond acceptors (Lipinski definition) is 11. The molecule has 2 saturated heterocycles. The number of alkyl halides is 3. The second kappa shape index (κ2) is 14.9. The van der Waals surface area contributed by atoms with Crippen LogP contribution in [0.1, 0.15) is 23.0 Å². The first-order valence-corrected chi connectivity index (χ1v) is 17.4. The zero-order valence-corrected chi connectivity index (χ0v) is 29.3. The van der Waals surface area contributed by atoms with Crippen molar-refractivity contribution >= 4 is 46.0 Å². The minimum atomic E-state index is -4.69. The van der Waals surface area contributed by atoms with Gasteiger partial charge in [0, 0.05) is 106 Å². The normalized spacial score (nSPS) is 16.5. The third kappa shape index (κ3) is 7.98. The number of carbonyl (C=O) groups excluding carboxylic acids is 1. The van der Waals surface area contributed by atoms with Crippen molar-refractivity contribution in [3.63, 3.8) is 0 Å². The van der Waals surface area contributed by atoms with Crippen LogP contribution in [0.25, 0.3) is 32.7 Å². The van der Waals surface area contributed by atoms with Crippen molar-refractivity contribution < 1.29 is 27.9 Å². The largest absolute Gasteiger partial charge is 0.477 e. The molecule has 0 bridgehead atoms. The fraction of sp³-hybridized carbons (Fsp3) is 0.455. The van der Waals surface area contributed by atoms with Crippen LogP contribution in [0.5, 0.6) is 0 Å². The zero-order chi connectivity index (χ0) is 36.4. The molecule has 3 N–H and O–H groups in total. The zero-order valence-electron chi connectivity index (χ0n) is 28.5. The summed E-state index contributed by atoms with van der Waals surface area (Å²) in [6, 6.07) is 2.44. The Morgan fingerprint density at radius 1 is 0.941 bits per heavy atom. The number of carboxylic acid groups (broad SMARTS) is 1. The minimum Gasteiger partial charge on any atom is -0.477 e. The van der Waals surface area contributed by atoms with E-state index < -0.39 is 34.9 Å². The number of urea groups is 1. The molecule has 0 spiro atoms. The number of carbonyl (C=O) groups is 2. The number of likely N-dealkylation sites (N-methyl/N-ethyl adjacent to an activating group) is 2. The van der Waals surface area contributed by atoms with Crippen LogP contribution in [-0.2, 0) is 12.7 Å². The number of amides is 2. The standard InChI is InChI=1S/C33H39F3N10O4S/c1-4-37-32(50)40-26-16-21(30-39-25(19-51-30)33(34,35)36)23(17-38-26)20-15-22-27(47)24(31(48)49)18-46(14-11-44-9-5-42(2)6-10-44)29(22)41-28(20)45-12-7-43(3)8-13-45/h15-19H,4-14H2,1-3H3,(H,48,49)(H2,37,38,40,50). The first kappa shape index (κ1) is 36.2. The number of nitrogens with zero attached hydrogens (tertiary/aromatic N) is 8. The van der Waals surface area contributed by atoms with Crippen molar-refractivity contribution in [1.82, 2.24) is 39.5 Å². The lowest BCUT2D eigenvalue weighted by atomic mass is 10.00. The quantitative estimate of drug-likeness (QED) is 0.233. The molecular formula is C33H39F3N10O4S. The maximum atomic E-state index is 13.8. The molecule has 2 aliphatic heterocycles. The number of hydrogen-bond donors (Lipinski definition) is 3. The van der Waals surface area contributed by atoms with E-state index in [0.717, 1.165) is 42.9 Å². The van der Waals surface area contributed by atoms with Gasteiger partial charge in [0.1, 0.15) is 27.9 Å². The molecule has 272 valence electrons. The topological polar surface area (TPSA) is 152 Å². The van der Waals surface area contributed by atoms with Gasteiger partial charge in [-0.15, -0.1) is 11.3 Å². The summed E-state index contributed by atoms with van der Waals surface area (Å²) in [7, 11) is 4.06. The minimum absolute atomic E-state index is 0.00646. The van der Waals surface area contributed by atoms with E-state index >= 15 is 0 Å². The number of carboxylic acids is 1. The van der Waals surface area contributed by atoms with Crippen molar-refractivity contribution in [1.29, 1.82) is 0 Å². The van der Waals surface area contributed by atoms with Gasteiger partial charge < -0.3 is 29.7 Å². The summed E-state index contributed by atoms with van der Waals surface area (Å²) in [5, 5.41) is 16.2. The van der Waals surface area contributed by atoms with Gasteiger partial charge in [-0.1, -0.05) is 0 Å². The number of pyridine rings is 3. The number of nitrogens with one attached hydrogen (secondary N) is 2. The Balaban J connectivity index is 1.56. The summed E-state index contributed by atoms with van der Waals surface area (Å²) in [6.07, 6.45) is -1.95. The Morgan fingerprint density at radius 3 is 2.25 bits per heavy atom. The molecule has 2 fully saturated rings. The number of piperazine rings is 2. The fourth-order valence-corrected chi connectivity index (χ4v) is 7.02. The second-order valence-corrected chi connectivity index (χ2v) is 13.5. The summed E-state index contributed by atoms with van der Waals surface area (Å²) < 4.78 is 42.9. The number of halogens is 3. The van der Waals surface area contributed by atoms with Crippen molar-refractivity contribution in [3.8, 4) is 21.7 Å². The van der Waals surface area contributed by atoms with Crippen molar-refractivity contribution in [2.45, 2.75) is 19.6 Å². The fourth-order valence-electron chi connectivity index (χ4n) is 6.17. The lowest BCUT2D eigenvalue weighted by Crippen LogP contribution is -2.45. The third-order valence-electron chi connectivity index (χ3n) is 9.11. The molecule has 14 nitrogen and oxygen atoms in total. The third-order valence-corrected chi connectivity index (χ3v) is 9.99. The molecule has 6 heterocycles. The molecule has 0 aliphatic carbocycles. The molecule has 0 aromatic carbocycles. The van der Waals surface area contributed by atoms with E-state index in [1.807, 2.05) is 11.9 Å². The number of aromatic nitrogens is 4. The van der Waals surface area contributed by atoms with Crippen LogP contribution in [0.2, 0.25) is 0 Å². The maximum absolute atomic E-state index is 13.8. The highest BCUT2D eigenvalue weighted by Crippen LogP contribution is 2.41. The van der Waals surface area contributed by atoms with E-state index in [4.69, 9.17) is 4.98 Å². The summed E-state index contributed by atoms with van der Waals surface area (Å²) in [5.74, 6) is -0.852. The molecular weight excluding hydrogens is 689 g/mol. The van der Waals surface area contributed by atoms with Gasteiger partial charge in [0.15, 0.2) is 5.69 Å². The second-order valence-electron chi connectivity index (χ2n) is 12.7. The van der Waals surface area contributed by atoms with Crippen LogP contribution in [0.3, 0.4) is 0 Å². The van der Waals surface area contributed by atoms with Crippen LogP contribution in [-0.4, -0.2) is 131 Å². The van der Waals surface area contributed by atoms with E-state index in [2.05, 4.69) is 42.3 Å². The van der Waals surface area contributed by atoms with E-state index in [0.29, 0.717) is 68.4 Å². The molecule has 4 aromatic heterocycles. The first-order chi connectivity index (χ1) is 24.3. The van der Waals surface area contributed by atoms with Crippen molar-refractivity contribution in [2.24, 2.45) is 0 Å². The number of aromatic carboxylic acids is 1. The van der Waals surface area contributed by atoms with Crippen LogP contribution >= 0.6 is 11.3 Å². The molecule has 51 heavy (non-hydrogen) atoms. The molecule has 0 radical (unpaired) electrons. The van der Waals surface area contributed by atoms with Gasteiger partial charge in [0.25, 0.3) is 0 Å². The molecule has 0 unspecified atom stereocenters. The van der Waals surface area contributed by atoms with Crippen LogP contribution in [0, 0.1) is 0 Å². The predicted octanol–water partition coefficient (Wildman–Crippen LogP) is 3.44. The lowest BCUT2D eigenvalue weighted by molar-refractivity contribution is -0.140. The highest BCUT2D eigenvalue weighted by molar-refractivity contribution is 7.13. The molecule has 18 heteroatoms. The number of anilines is 2. The highest BCUT2D eigenvalue weighted by Gasteiger charge is 2.34. The summed E-state index contributed by atoms with van der Waals surface area (Å²) in [4.78, 5) is 60.6. The SMILES string of the molecule is CCNC(=O)Nc1cc(-c2nc(C(F)(F)F)cs2)c(-c2cc3c(=O)c(C(=O)O)cn(CCN4CCN(C)CC4)c3nc2N2CCN(C)CC2)cn1. The van der Waals surface area contributed by atoms with Gasteiger partial charge in [0.2, 0.25) is 5.43 Å². The van der Waals surface area contributed by atoms with Crippen molar-refractivity contribution in [3.05, 3.63) is 51.4 Å². The molecule has 2 aliphatic rings. The van der Waals surface area contributed by atoms with E-state index in [9.17, 15) is 32.7 Å². The first-order valence-electron chi connectivity index (χ1n) is 16.6. The Bertz CT molecular complexity index is 1990. The van der Waals surface area contributed by atoms with E-state index in [1.165, 1.54) is 18.5 Å².